The molecule has 0 radical (unpaired) electrons. The van der Waals surface area contributed by atoms with Crippen LogP contribution in [0.15, 0.2) is 61.2 Å². The number of nitrogens with zero attached hydrogens (tertiary/aromatic N) is 3. The Morgan fingerprint density at radius 3 is 2.68 bits per heavy atom. The average molecular weight is 419 g/mol. The Hall–Kier alpha value is -2.37. The molecule has 7 heteroatoms. The fourth-order valence-electron chi connectivity index (χ4n) is 4.06. The Morgan fingerprint density at radius 1 is 1.11 bits per heavy atom. The molecule has 3 aromatic rings. The lowest BCUT2D eigenvalue weighted by molar-refractivity contribution is -0.124. The number of hydrogen-bond donors (Lipinski definition) is 1. The maximum atomic E-state index is 12.5. The van der Waals surface area contributed by atoms with Crippen LogP contribution in [0.3, 0.4) is 0 Å². The van der Waals surface area contributed by atoms with Crippen LogP contribution < -0.4 is 5.73 Å². The number of hydrogen-bond acceptors (Lipinski definition) is 3. The molecule has 28 heavy (non-hydrogen) atoms. The summed E-state index contributed by atoms with van der Waals surface area (Å²) in [6.07, 6.45) is 10.8. The fourth-order valence-corrected chi connectivity index (χ4v) is 4.06. The van der Waals surface area contributed by atoms with Crippen molar-refractivity contribution in [3.05, 3.63) is 83.4 Å². The second-order valence-electron chi connectivity index (χ2n) is 7.04. The molecule has 5 nitrogen and oxygen atoms in total. The second kappa shape index (κ2) is 9.22. The summed E-state index contributed by atoms with van der Waals surface area (Å²) in [6, 6.07) is 12.1. The molecule has 4 rings (SSSR count). The molecular formula is C21H24Cl2N4O. The predicted molar refractivity (Wildman–Crippen MR) is 114 cm³/mol. The highest BCUT2D eigenvalue weighted by atomic mass is 35.5. The van der Waals surface area contributed by atoms with Gasteiger partial charge in [0.2, 0.25) is 5.91 Å². The topological polar surface area (TPSA) is 73.8 Å². The number of amides is 1. The summed E-state index contributed by atoms with van der Waals surface area (Å²) < 4.78 is 1.88. The van der Waals surface area contributed by atoms with Crippen LogP contribution >= 0.6 is 24.8 Å². The highest BCUT2D eigenvalue weighted by Gasteiger charge is 2.42. The smallest absolute Gasteiger partial charge is 0.228 e. The number of primary amides is 1. The molecule has 1 atom stereocenters. The highest BCUT2D eigenvalue weighted by molar-refractivity contribution is 5.88. The number of fused-ring (bicyclic) bond motifs is 1. The maximum absolute atomic E-state index is 12.5. The monoisotopic (exact) mass is 418 g/mol. The summed E-state index contributed by atoms with van der Waals surface area (Å²) in [4.78, 5) is 16.7. The van der Waals surface area contributed by atoms with Crippen molar-refractivity contribution in [1.29, 1.82) is 0 Å². The van der Waals surface area contributed by atoms with E-state index in [-0.39, 0.29) is 30.7 Å². The first-order valence-corrected chi connectivity index (χ1v) is 8.96. The lowest BCUT2D eigenvalue weighted by Crippen LogP contribution is -2.45. The van der Waals surface area contributed by atoms with Gasteiger partial charge in [-0.2, -0.15) is 5.10 Å². The number of pyridine rings is 1. The van der Waals surface area contributed by atoms with Crippen LogP contribution in [0, 0.1) is 0 Å². The first kappa shape index (κ1) is 21.9. The van der Waals surface area contributed by atoms with Crippen LogP contribution in [0.1, 0.15) is 35.1 Å². The van der Waals surface area contributed by atoms with Gasteiger partial charge < -0.3 is 5.73 Å². The molecule has 1 amide bonds. The van der Waals surface area contributed by atoms with Crippen molar-refractivity contribution >= 4 is 30.7 Å². The van der Waals surface area contributed by atoms with Gasteiger partial charge in [0.15, 0.2) is 0 Å². The van der Waals surface area contributed by atoms with Gasteiger partial charge in [-0.05, 0) is 54.0 Å². The Kier molecular flexibility index (Phi) is 7.22. The van der Waals surface area contributed by atoms with E-state index in [0.717, 1.165) is 36.0 Å². The normalized spacial score (nSPS) is 17.7. The van der Waals surface area contributed by atoms with E-state index in [4.69, 9.17) is 5.73 Å². The largest absolute Gasteiger partial charge is 0.369 e. The van der Waals surface area contributed by atoms with Gasteiger partial charge in [-0.1, -0.05) is 30.3 Å². The molecular weight excluding hydrogens is 395 g/mol. The molecule has 1 aliphatic carbocycles. The summed E-state index contributed by atoms with van der Waals surface area (Å²) >= 11 is 0. The summed E-state index contributed by atoms with van der Waals surface area (Å²) in [5.74, 6) is -0.246. The number of benzene rings is 1. The quantitative estimate of drug-likeness (QED) is 0.688. The number of carbonyl (C=O) groups is 1. The van der Waals surface area contributed by atoms with Gasteiger partial charge in [-0.3, -0.25) is 14.5 Å². The van der Waals surface area contributed by atoms with Gasteiger partial charge in [-0.15, -0.1) is 24.8 Å². The summed E-state index contributed by atoms with van der Waals surface area (Å²) in [6.45, 7) is 0.661. The number of halogens is 2. The van der Waals surface area contributed by atoms with Gasteiger partial charge >= 0.3 is 0 Å². The van der Waals surface area contributed by atoms with E-state index < -0.39 is 5.41 Å². The molecule has 0 spiro atoms. The van der Waals surface area contributed by atoms with Crippen molar-refractivity contribution < 1.29 is 4.79 Å². The first-order chi connectivity index (χ1) is 12.7. The van der Waals surface area contributed by atoms with E-state index in [2.05, 4.69) is 22.2 Å². The van der Waals surface area contributed by atoms with Gasteiger partial charge in [0.05, 0.1) is 18.2 Å². The van der Waals surface area contributed by atoms with Crippen LogP contribution in [0.25, 0.3) is 0 Å². The number of carbonyl (C=O) groups excluding carboxylic acids is 1. The molecule has 1 aromatic carbocycles. The van der Waals surface area contributed by atoms with Crippen molar-refractivity contribution in [3.63, 3.8) is 0 Å². The Morgan fingerprint density at radius 2 is 1.93 bits per heavy atom. The molecule has 2 heterocycles. The zero-order valence-corrected chi connectivity index (χ0v) is 17.1. The van der Waals surface area contributed by atoms with Crippen LogP contribution in [0.4, 0.5) is 0 Å². The predicted octanol–water partition coefficient (Wildman–Crippen LogP) is 3.47. The van der Waals surface area contributed by atoms with Crippen molar-refractivity contribution in [1.82, 2.24) is 14.8 Å². The third-order valence-corrected chi connectivity index (χ3v) is 5.31. The Bertz CT molecular complexity index is 929. The van der Waals surface area contributed by atoms with E-state index >= 15 is 0 Å². The van der Waals surface area contributed by atoms with Crippen molar-refractivity contribution in [2.45, 2.75) is 37.6 Å². The zero-order chi connectivity index (χ0) is 18.0. The molecule has 2 aromatic heterocycles. The highest BCUT2D eigenvalue weighted by Crippen LogP contribution is 2.39. The Balaban J connectivity index is 0.00000140. The summed E-state index contributed by atoms with van der Waals surface area (Å²) in [7, 11) is 0. The van der Waals surface area contributed by atoms with E-state index in [1.54, 1.807) is 6.20 Å². The average Bonchev–Trinajstić information content (AvgIpc) is 3.09. The molecule has 1 unspecified atom stereocenters. The van der Waals surface area contributed by atoms with Crippen molar-refractivity contribution in [3.8, 4) is 0 Å². The van der Waals surface area contributed by atoms with Crippen molar-refractivity contribution in [2.75, 3.05) is 0 Å². The lowest BCUT2D eigenvalue weighted by atomic mass is 9.66. The maximum Gasteiger partial charge on any atom is 0.228 e. The van der Waals surface area contributed by atoms with Gasteiger partial charge in [0.1, 0.15) is 0 Å². The molecule has 0 bridgehead atoms. The zero-order valence-electron chi connectivity index (χ0n) is 15.5. The Labute approximate surface area is 177 Å². The van der Waals surface area contributed by atoms with Gasteiger partial charge in [0.25, 0.3) is 0 Å². The van der Waals surface area contributed by atoms with E-state index in [0.29, 0.717) is 13.0 Å². The number of nitrogens with two attached hydrogens (primary N) is 1. The third-order valence-electron chi connectivity index (χ3n) is 5.31. The van der Waals surface area contributed by atoms with Crippen molar-refractivity contribution in [2.24, 2.45) is 5.73 Å². The van der Waals surface area contributed by atoms with Crippen LogP contribution in [0.5, 0.6) is 0 Å². The standard InChI is InChI=1S/C21H22N4O.2ClH/c22-20(26)21(9-3-7-18-6-1-2-8-19(18)21)11-17-13-24-25(15-17)14-16-5-4-10-23-12-16;;/h1-2,4-6,8,10,12-13,15H,3,7,9,11,14H2,(H2,22,26);2*1H. The third kappa shape index (κ3) is 4.21. The minimum Gasteiger partial charge on any atom is -0.369 e. The lowest BCUT2D eigenvalue weighted by Gasteiger charge is -2.36. The minimum atomic E-state index is -0.642. The molecule has 0 saturated carbocycles. The number of aromatic nitrogens is 3. The van der Waals surface area contributed by atoms with Crippen LogP contribution in [-0.2, 0) is 29.6 Å². The molecule has 0 fully saturated rings. The number of aryl methyl sites for hydroxylation is 1. The van der Waals surface area contributed by atoms with E-state index in [9.17, 15) is 4.79 Å². The minimum absolute atomic E-state index is 0. The molecule has 0 aliphatic heterocycles. The van der Waals surface area contributed by atoms with E-state index in [1.165, 1.54) is 5.56 Å². The summed E-state index contributed by atoms with van der Waals surface area (Å²) in [5.41, 5.74) is 9.72. The molecule has 1 aliphatic rings. The van der Waals surface area contributed by atoms with Crippen LogP contribution in [-0.4, -0.2) is 20.7 Å². The fraction of sp³-hybridized carbons (Fsp3) is 0.286. The van der Waals surface area contributed by atoms with Gasteiger partial charge in [0, 0.05) is 18.6 Å². The van der Waals surface area contributed by atoms with E-state index in [1.807, 2.05) is 47.5 Å². The molecule has 148 valence electrons. The first-order valence-electron chi connectivity index (χ1n) is 8.96. The number of rotatable bonds is 5. The molecule has 2 N–H and O–H groups in total. The summed E-state index contributed by atoms with van der Waals surface area (Å²) in [5, 5.41) is 4.46. The van der Waals surface area contributed by atoms with Gasteiger partial charge in [-0.25, -0.2) is 0 Å². The van der Waals surface area contributed by atoms with Crippen LogP contribution in [0.2, 0.25) is 0 Å². The SMILES string of the molecule is Cl.Cl.NC(=O)C1(Cc2cnn(Cc3cccnc3)c2)CCCc2ccccc21. The second-order valence-corrected chi connectivity index (χ2v) is 7.04. The molecule has 0 saturated heterocycles.